The second-order valence-corrected chi connectivity index (χ2v) is 4.35. The van der Waals surface area contributed by atoms with Crippen LogP contribution in [0.25, 0.3) is 0 Å². The largest absolute Gasteiger partial charge is 0.466 e. The summed E-state index contributed by atoms with van der Waals surface area (Å²) in [5.41, 5.74) is -0.613. The van der Waals surface area contributed by atoms with E-state index >= 15 is 0 Å². The smallest absolute Gasteiger partial charge is 0.332 e. The summed E-state index contributed by atoms with van der Waals surface area (Å²) in [7, 11) is 0. The van der Waals surface area contributed by atoms with Gasteiger partial charge >= 0.3 is 12.0 Å². The number of carbonyl (C=O) groups excluding carboxylic acids is 2. The van der Waals surface area contributed by atoms with Gasteiger partial charge in [0.05, 0.1) is 25.1 Å². The van der Waals surface area contributed by atoms with Crippen molar-refractivity contribution in [3.8, 4) is 0 Å². The predicted octanol–water partition coefficient (Wildman–Crippen LogP) is 0.233. The van der Waals surface area contributed by atoms with Crippen molar-refractivity contribution in [1.82, 2.24) is 10.3 Å². The van der Waals surface area contributed by atoms with E-state index in [4.69, 9.17) is 10.6 Å². The SMILES string of the molecule is CCOC(=O)CC1(C(C)C)CN(N)C(=O)N1. The fraction of sp³-hybridized carbons (Fsp3) is 0.800. The molecule has 0 aliphatic carbocycles. The van der Waals surface area contributed by atoms with Crippen LogP contribution in [0.3, 0.4) is 0 Å². The van der Waals surface area contributed by atoms with Crippen LogP contribution in [-0.2, 0) is 9.53 Å². The Balaban J connectivity index is 2.75. The van der Waals surface area contributed by atoms with E-state index in [1.807, 2.05) is 13.8 Å². The van der Waals surface area contributed by atoms with Gasteiger partial charge in [0.1, 0.15) is 0 Å². The van der Waals surface area contributed by atoms with Crippen LogP contribution in [0, 0.1) is 5.92 Å². The molecule has 1 aliphatic heterocycles. The van der Waals surface area contributed by atoms with E-state index < -0.39 is 5.54 Å². The fourth-order valence-corrected chi connectivity index (χ4v) is 1.80. The van der Waals surface area contributed by atoms with Gasteiger partial charge in [0.25, 0.3) is 0 Å². The Morgan fingerprint density at radius 2 is 2.31 bits per heavy atom. The number of nitrogens with zero attached hydrogens (tertiary/aromatic N) is 1. The Kier molecular flexibility index (Phi) is 3.74. The predicted molar refractivity (Wildman–Crippen MR) is 58.2 cm³/mol. The van der Waals surface area contributed by atoms with Crippen molar-refractivity contribution in [2.45, 2.75) is 32.7 Å². The molecule has 3 N–H and O–H groups in total. The first-order valence-electron chi connectivity index (χ1n) is 5.41. The van der Waals surface area contributed by atoms with Gasteiger partial charge in [-0.05, 0) is 12.8 Å². The molecular formula is C10H19N3O3. The normalized spacial score (nSPS) is 24.8. The Labute approximate surface area is 95.1 Å². The highest BCUT2D eigenvalue weighted by Gasteiger charge is 2.45. The lowest BCUT2D eigenvalue weighted by atomic mass is 9.84. The Morgan fingerprint density at radius 3 is 2.69 bits per heavy atom. The summed E-state index contributed by atoms with van der Waals surface area (Å²) in [6, 6.07) is -0.349. The van der Waals surface area contributed by atoms with Gasteiger partial charge in [-0.25, -0.2) is 10.6 Å². The van der Waals surface area contributed by atoms with Gasteiger partial charge in [-0.15, -0.1) is 0 Å². The molecule has 92 valence electrons. The third-order valence-electron chi connectivity index (χ3n) is 2.94. The van der Waals surface area contributed by atoms with Gasteiger partial charge in [0, 0.05) is 0 Å². The molecule has 6 heteroatoms. The summed E-state index contributed by atoms with van der Waals surface area (Å²) in [6.45, 7) is 6.30. The lowest BCUT2D eigenvalue weighted by Gasteiger charge is -2.31. The second-order valence-electron chi connectivity index (χ2n) is 4.35. The number of carbonyl (C=O) groups is 2. The summed E-state index contributed by atoms with van der Waals surface area (Å²) in [6.07, 6.45) is 0.151. The molecule has 1 fully saturated rings. The minimum Gasteiger partial charge on any atom is -0.466 e. The summed E-state index contributed by atoms with van der Waals surface area (Å²) < 4.78 is 4.90. The number of hydrazine groups is 1. The van der Waals surface area contributed by atoms with Gasteiger partial charge < -0.3 is 10.1 Å². The van der Waals surface area contributed by atoms with Crippen molar-refractivity contribution in [2.24, 2.45) is 11.8 Å². The van der Waals surface area contributed by atoms with E-state index in [1.165, 1.54) is 0 Å². The van der Waals surface area contributed by atoms with Crippen LogP contribution >= 0.6 is 0 Å². The topological polar surface area (TPSA) is 84.7 Å². The molecule has 0 aromatic rings. The van der Waals surface area contributed by atoms with Gasteiger partial charge in [-0.2, -0.15) is 0 Å². The van der Waals surface area contributed by atoms with Crippen molar-refractivity contribution in [1.29, 1.82) is 0 Å². The van der Waals surface area contributed by atoms with Gasteiger partial charge in [0.15, 0.2) is 0 Å². The zero-order chi connectivity index (χ0) is 12.3. The van der Waals surface area contributed by atoms with Crippen molar-refractivity contribution >= 4 is 12.0 Å². The minimum absolute atomic E-state index is 0.106. The number of nitrogens with one attached hydrogen (secondary N) is 1. The van der Waals surface area contributed by atoms with Crippen molar-refractivity contribution in [2.75, 3.05) is 13.2 Å². The number of nitrogens with two attached hydrogens (primary N) is 1. The van der Waals surface area contributed by atoms with Crippen molar-refractivity contribution in [3.63, 3.8) is 0 Å². The maximum absolute atomic E-state index is 11.5. The third kappa shape index (κ3) is 2.44. The maximum atomic E-state index is 11.5. The number of hydrogen-bond donors (Lipinski definition) is 2. The van der Waals surface area contributed by atoms with Gasteiger partial charge in [-0.3, -0.25) is 9.80 Å². The Hall–Kier alpha value is -1.30. The molecule has 0 bridgehead atoms. The molecule has 2 amide bonds. The van der Waals surface area contributed by atoms with E-state index in [0.717, 1.165) is 5.01 Å². The number of amides is 2. The zero-order valence-electron chi connectivity index (χ0n) is 9.95. The number of urea groups is 1. The molecule has 1 atom stereocenters. The average molecular weight is 229 g/mol. The standard InChI is InChI=1S/C10H19N3O3/c1-4-16-8(14)5-10(7(2)3)6-13(11)9(15)12-10/h7H,4-6,11H2,1-3H3,(H,12,15). The van der Waals surface area contributed by atoms with Crippen LogP contribution in [0.2, 0.25) is 0 Å². The average Bonchev–Trinajstić information content (AvgIpc) is 2.43. The van der Waals surface area contributed by atoms with Crippen LogP contribution in [0.1, 0.15) is 27.2 Å². The van der Waals surface area contributed by atoms with Gasteiger partial charge in [-0.1, -0.05) is 13.8 Å². The van der Waals surface area contributed by atoms with E-state index in [0.29, 0.717) is 13.2 Å². The van der Waals surface area contributed by atoms with E-state index in [9.17, 15) is 9.59 Å². The molecule has 0 spiro atoms. The summed E-state index contributed by atoms with van der Waals surface area (Å²) in [5.74, 6) is 5.30. The van der Waals surface area contributed by atoms with E-state index in [-0.39, 0.29) is 24.3 Å². The molecule has 1 unspecified atom stereocenters. The summed E-state index contributed by atoms with van der Waals surface area (Å²) >= 11 is 0. The maximum Gasteiger partial charge on any atom is 0.332 e. The molecule has 6 nitrogen and oxygen atoms in total. The quantitative estimate of drug-likeness (QED) is 0.410. The Morgan fingerprint density at radius 1 is 1.69 bits per heavy atom. The van der Waals surface area contributed by atoms with Crippen molar-refractivity contribution in [3.05, 3.63) is 0 Å². The monoisotopic (exact) mass is 229 g/mol. The van der Waals surface area contributed by atoms with Crippen LogP contribution in [-0.4, -0.2) is 35.7 Å². The highest BCUT2D eigenvalue weighted by atomic mass is 16.5. The zero-order valence-corrected chi connectivity index (χ0v) is 9.95. The van der Waals surface area contributed by atoms with Crippen LogP contribution < -0.4 is 11.2 Å². The Bertz CT molecular complexity index is 293. The molecule has 0 aromatic heterocycles. The lowest BCUT2D eigenvalue weighted by Crippen LogP contribution is -2.50. The molecule has 1 saturated heterocycles. The lowest BCUT2D eigenvalue weighted by molar-refractivity contribution is -0.145. The van der Waals surface area contributed by atoms with Crippen LogP contribution in [0.15, 0.2) is 0 Å². The van der Waals surface area contributed by atoms with Crippen LogP contribution in [0.4, 0.5) is 4.79 Å². The minimum atomic E-state index is -0.613. The molecule has 0 aromatic carbocycles. The number of esters is 1. The number of ether oxygens (including phenoxy) is 1. The summed E-state index contributed by atoms with van der Waals surface area (Å²) in [5, 5.41) is 3.86. The first-order chi connectivity index (χ1) is 7.41. The molecule has 1 rings (SSSR count). The van der Waals surface area contributed by atoms with Crippen LogP contribution in [0.5, 0.6) is 0 Å². The number of rotatable bonds is 4. The van der Waals surface area contributed by atoms with Crippen molar-refractivity contribution < 1.29 is 14.3 Å². The van der Waals surface area contributed by atoms with E-state index in [2.05, 4.69) is 5.32 Å². The number of hydrogen-bond acceptors (Lipinski definition) is 4. The third-order valence-corrected chi connectivity index (χ3v) is 2.94. The molecular weight excluding hydrogens is 210 g/mol. The van der Waals surface area contributed by atoms with E-state index in [1.54, 1.807) is 6.92 Å². The fourth-order valence-electron chi connectivity index (χ4n) is 1.80. The van der Waals surface area contributed by atoms with Gasteiger partial charge in [0.2, 0.25) is 0 Å². The first kappa shape index (κ1) is 12.8. The molecule has 0 radical (unpaired) electrons. The molecule has 0 saturated carbocycles. The molecule has 1 heterocycles. The second kappa shape index (κ2) is 4.69. The molecule has 1 aliphatic rings. The highest BCUT2D eigenvalue weighted by molar-refractivity contribution is 5.80. The summed E-state index contributed by atoms with van der Waals surface area (Å²) in [4.78, 5) is 22.9. The highest BCUT2D eigenvalue weighted by Crippen LogP contribution is 2.27. The molecule has 16 heavy (non-hydrogen) atoms. The first-order valence-corrected chi connectivity index (χ1v) is 5.41.